The van der Waals surface area contributed by atoms with Gasteiger partial charge >= 0.3 is 7.82 Å². The van der Waals surface area contributed by atoms with Crippen LogP contribution in [0.2, 0.25) is 0 Å². The van der Waals surface area contributed by atoms with Crippen molar-refractivity contribution >= 4 is 19.2 Å². The van der Waals surface area contributed by atoms with Gasteiger partial charge < -0.3 is 44.5 Å². The van der Waals surface area contributed by atoms with Gasteiger partial charge in [0.25, 0.3) is 0 Å². The minimum atomic E-state index is -4.79. The lowest BCUT2D eigenvalue weighted by Crippen LogP contribution is -2.51. The Kier molecular flexibility index (Phi) is 20.8. The number of likely N-dealkylation sites (N-methyl/N-ethyl adjacent to an activating group) is 1. The van der Waals surface area contributed by atoms with E-state index in [2.05, 4.69) is 22.3 Å². The van der Waals surface area contributed by atoms with E-state index in [0.29, 0.717) is 17.8 Å². The number of rotatable bonds is 31. The molecule has 336 valence electrons. The van der Waals surface area contributed by atoms with Crippen LogP contribution in [0.25, 0.3) is 5.52 Å². The van der Waals surface area contributed by atoms with Gasteiger partial charge in [-0.2, -0.15) is 10.4 Å². The number of aliphatic hydroxyl groups is 2. The number of nitrogen functional groups attached to an aromatic ring is 1. The summed E-state index contributed by atoms with van der Waals surface area (Å²) in [5, 5.41) is 38.9. The number of nitrogens with zero attached hydrogens (tertiary/aromatic N) is 4. The molecule has 0 saturated carbocycles. The largest absolute Gasteiger partial charge is 0.495 e. The highest BCUT2D eigenvalue weighted by atomic mass is 31.2. The topological polar surface area (TPSA) is 234 Å². The lowest BCUT2D eigenvalue weighted by Gasteiger charge is -2.31. The number of benzene rings is 1. The number of nitrogens with one attached hydrogen (secondary N) is 1. The number of nitrogens with two attached hydrogens (primary N) is 1. The fourth-order valence-corrected chi connectivity index (χ4v) is 8.22. The molecule has 2 aromatic heterocycles. The zero-order valence-corrected chi connectivity index (χ0v) is 36.7. The first-order chi connectivity index (χ1) is 29.0. The van der Waals surface area contributed by atoms with E-state index in [0.717, 1.165) is 19.3 Å². The lowest BCUT2D eigenvalue weighted by molar-refractivity contribution is -0.119. The van der Waals surface area contributed by atoms with Crippen LogP contribution in [0.4, 0.5) is 5.82 Å². The number of phosphoric acid groups is 1. The summed E-state index contributed by atoms with van der Waals surface area (Å²) in [6, 6.07) is 8.31. The van der Waals surface area contributed by atoms with Gasteiger partial charge in [0.05, 0.1) is 39.7 Å². The third-order valence-corrected chi connectivity index (χ3v) is 11.8. The normalized spacial score (nSPS) is 20.5. The van der Waals surface area contributed by atoms with Crippen LogP contribution in [0.5, 0.6) is 17.2 Å². The number of anilines is 1. The maximum Gasteiger partial charge on any atom is 0.472 e. The van der Waals surface area contributed by atoms with Crippen molar-refractivity contribution in [1.29, 1.82) is 5.26 Å². The van der Waals surface area contributed by atoms with Gasteiger partial charge in [-0.3, -0.25) is 14.4 Å². The van der Waals surface area contributed by atoms with Crippen LogP contribution in [0.3, 0.4) is 0 Å². The van der Waals surface area contributed by atoms with Crippen molar-refractivity contribution in [3.8, 4) is 23.3 Å². The quantitative estimate of drug-likeness (QED) is 0.0341. The molecule has 1 aromatic carbocycles. The number of hydrogen-bond acceptors (Lipinski definition) is 15. The molecule has 18 heteroatoms. The predicted molar refractivity (Wildman–Crippen MR) is 226 cm³/mol. The van der Waals surface area contributed by atoms with E-state index in [1.54, 1.807) is 12.1 Å². The molecule has 3 heterocycles. The fraction of sp³-hybridized carbons (Fsp3) is 0.690. The van der Waals surface area contributed by atoms with Crippen molar-refractivity contribution in [3.63, 3.8) is 0 Å². The number of ether oxygens (including phenoxy) is 5. The maximum atomic E-state index is 13.2. The van der Waals surface area contributed by atoms with Crippen molar-refractivity contribution in [1.82, 2.24) is 19.9 Å². The van der Waals surface area contributed by atoms with E-state index in [-0.39, 0.29) is 35.2 Å². The summed E-state index contributed by atoms with van der Waals surface area (Å²) in [6.07, 6.45) is 16.2. The SMILES string of the molecule is CCCCCCCCCCCCCCCCCCOC[C@H](COP(=O)(O)OC[C@H]1O[C@@](NC)(c2ccc3c(N)ncnn23)[C@H](O)[C@@H]1O)Oc1cc(OC)c(C#N)c(OC)c1. The molecule has 1 aliphatic rings. The van der Waals surface area contributed by atoms with Crippen LogP contribution in [0, 0.1) is 11.3 Å². The first-order valence-corrected chi connectivity index (χ1v) is 22.9. The molecular formula is C42H67N6O11P. The number of unbranched alkanes of at least 4 members (excludes halogenated alkanes) is 15. The maximum absolute atomic E-state index is 13.2. The van der Waals surface area contributed by atoms with E-state index in [1.807, 2.05) is 6.07 Å². The first kappa shape index (κ1) is 49.1. The summed E-state index contributed by atoms with van der Waals surface area (Å²) in [7, 11) is -0.446. The van der Waals surface area contributed by atoms with Gasteiger partial charge in [0.1, 0.15) is 65.1 Å². The van der Waals surface area contributed by atoms with Crippen LogP contribution in [0.1, 0.15) is 121 Å². The molecule has 60 heavy (non-hydrogen) atoms. The Labute approximate surface area is 354 Å². The second-order valence-corrected chi connectivity index (χ2v) is 16.7. The van der Waals surface area contributed by atoms with Crippen LogP contribution in [-0.4, -0.2) is 102 Å². The molecule has 3 aromatic rings. The molecular weight excluding hydrogens is 795 g/mol. The molecule has 1 aliphatic heterocycles. The molecule has 0 radical (unpaired) electrons. The molecule has 1 unspecified atom stereocenters. The summed E-state index contributed by atoms with van der Waals surface area (Å²) in [5.41, 5.74) is 5.23. The predicted octanol–water partition coefficient (Wildman–Crippen LogP) is 6.55. The first-order valence-electron chi connectivity index (χ1n) is 21.4. The van der Waals surface area contributed by atoms with E-state index < -0.39 is 51.2 Å². The molecule has 0 amide bonds. The van der Waals surface area contributed by atoms with Crippen LogP contribution in [0.15, 0.2) is 30.6 Å². The Morgan fingerprint density at radius 2 is 1.52 bits per heavy atom. The van der Waals surface area contributed by atoms with Crippen molar-refractivity contribution in [2.45, 2.75) is 140 Å². The third-order valence-electron chi connectivity index (χ3n) is 10.9. The number of hydrogen-bond donors (Lipinski definition) is 5. The second-order valence-electron chi connectivity index (χ2n) is 15.2. The summed E-state index contributed by atoms with van der Waals surface area (Å²) in [6.45, 7) is 1.65. The number of aromatic nitrogens is 3. The molecule has 17 nitrogen and oxygen atoms in total. The van der Waals surface area contributed by atoms with Gasteiger partial charge in [-0.1, -0.05) is 103 Å². The van der Waals surface area contributed by atoms with E-state index in [9.17, 15) is 24.9 Å². The number of nitriles is 1. The fourth-order valence-electron chi connectivity index (χ4n) is 7.46. The van der Waals surface area contributed by atoms with Gasteiger partial charge in [0.2, 0.25) is 0 Å². The zero-order chi connectivity index (χ0) is 43.4. The van der Waals surface area contributed by atoms with Gasteiger partial charge in [-0.25, -0.2) is 14.1 Å². The molecule has 0 spiro atoms. The van der Waals surface area contributed by atoms with Crippen LogP contribution in [-0.2, 0) is 28.8 Å². The van der Waals surface area contributed by atoms with Gasteiger partial charge in [0.15, 0.2) is 11.5 Å². The Morgan fingerprint density at radius 3 is 2.07 bits per heavy atom. The molecule has 6 N–H and O–H groups in total. The van der Waals surface area contributed by atoms with Gasteiger partial charge in [-0.15, -0.1) is 0 Å². The summed E-state index contributed by atoms with van der Waals surface area (Å²) in [5.74, 6) is 0.881. The van der Waals surface area contributed by atoms with Crippen molar-refractivity contribution < 1.29 is 52.4 Å². The highest BCUT2D eigenvalue weighted by Gasteiger charge is 2.56. The second kappa shape index (κ2) is 25.4. The Bertz CT molecular complexity index is 1790. The number of phosphoric ester groups is 1. The Hall–Kier alpha value is -3.56. The van der Waals surface area contributed by atoms with Crippen molar-refractivity contribution in [2.24, 2.45) is 0 Å². The molecule has 4 rings (SSSR count). The van der Waals surface area contributed by atoms with Crippen LogP contribution >= 0.6 is 7.82 Å². The lowest BCUT2D eigenvalue weighted by atomic mass is 10.00. The minimum Gasteiger partial charge on any atom is -0.495 e. The Balaban J connectivity index is 1.25. The third kappa shape index (κ3) is 14.0. The average Bonchev–Trinajstić information content (AvgIpc) is 3.80. The standard InChI is InChI=1S/C42H67N6O11P/c1-5-6-7-8-9-10-11-12-13-14-15-16-17-18-19-20-23-55-27-32(58-31-24-35(53-3)33(26-43)36(25-31)54-4)28-56-60(51,52)57-29-37-39(49)40(50)42(45-2,59-37)38-22-21-34-41(44)46-30-47-48(34)38/h21-22,24-25,30,32,37,39-40,45,49-50H,5-20,23,27-29H2,1-4H3,(H,51,52)(H2,44,46,47)/t32-,37-,39-,40-,42+/m1/s1. The molecule has 0 aliphatic carbocycles. The molecule has 1 fully saturated rings. The summed E-state index contributed by atoms with van der Waals surface area (Å²) >= 11 is 0. The highest BCUT2D eigenvalue weighted by Crippen LogP contribution is 2.46. The number of fused-ring (bicyclic) bond motifs is 1. The molecule has 6 atom stereocenters. The van der Waals surface area contributed by atoms with E-state index in [4.69, 9.17) is 38.5 Å². The zero-order valence-electron chi connectivity index (χ0n) is 35.8. The molecule has 1 saturated heterocycles. The van der Waals surface area contributed by atoms with Gasteiger partial charge in [0, 0.05) is 18.7 Å². The summed E-state index contributed by atoms with van der Waals surface area (Å²) < 4.78 is 54.2. The average molecular weight is 863 g/mol. The monoisotopic (exact) mass is 862 g/mol. The van der Waals surface area contributed by atoms with Gasteiger partial charge in [-0.05, 0) is 25.6 Å². The van der Waals surface area contributed by atoms with Crippen LogP contribution < -0.4 is 25.3 Å². The minimum absolute atomic E-state index is 0.00401. The Morgan fingerprint density at radius 1 is 0.933 bits per heavy atom. The van der Waals surface area contributed by atoms with E-state index in [1.165, 1.54) is 128 Å². The van der Waals surface area contributed by atoms with E-state index >= 15 is 0 Å². The number of aliphatic hydroxyl groups excluding tert-OH is 2. The number of methoxy groups -OCH3 is 2. The highest BCUT2D eigenvalue weighted by molar-refractivity contribution is 7.47. The molecule has 0 bridgehead atoms. The summed E-state index contributed by atoms with van der Waals surface area (Å²) in [4.78, 5) is 14.7. The van der Waals surface area contributed by atoms with Crippen molar-refractivity contribution in [3.05, 3.63) is 41.9 Å². The van der Waals surface area contributed by atoms with Crippen molar-refractivity contribution in [2.75, 3.05) is 53.4 Å². The smallest absolute Gasteiger partial charge is 0.472 e.